The van der Waals surface area contributed by atoms with E-state index in [4.69, 9.17) is 0 Å². The number of alkyl halides is 6. The molecule has 0 unspecified atom stereocenters. The van der Waals surface area contributed by atoms with Crippen LogP contribution in [-0.2, 0) is 26.7 Å². The van der Waals surface area contributed by atoms with Gasteiger partial charge in [0.1, 0.15) is 0 Å². The minimum atomic E-state index is -5.14. The second-order valence-corrected chi connectivity index (χ2v) is 4.39. The smallest absolute Gasteiger partial charge is 0.872 e. The SMILES string of the molecule is CCOC(=O)C(=O)C=C([O-])c1cc(C(F)(F)F)cc(C(F)(F)F)c1.[Li+]. The number of hydrogen-bond acceptors (Lipinski definition) is 4. The Balaban J connectivity index is 0.00000576. The Morgan fingerprint density at radius 2 is 1.48 bits per heavy atom. The van der Waals surface area contributed by atoms with Crippen LogP contribution < -0.4 is 24.0 Å². The van der Waals surface area contributed by atoms with Crippen LogP contribution in [0.4, 0.5) is 26.3 Å². The molecule has 0 amide bonds. The van der Waals surface area contributed by atoms with Gasteiger partial charge in [-0.05, 0) is 36.8 Å². The molecule has 0 aliphatic carbocycles. The largest absolute Gasteiger partial charge is 1.00 e. The number of carbonyl (C=O) groups excluding carboxylic acids is 2. The fourth-order valence-corrected chi connectivity index (χ4v) is 1.56. The van der Waals surface area contributed by atoms with Crippen LogP contribution in [0.5, 0.6) is 0 Å². The minimum Gasteiger partial charge on any atom is -0.872 e. The van der Waals surface area contributed by atoms with Crippen molar-refractivity contribution >= 4 is 17.5 Å². The van der Waals surface area contributed by atoms with Crippen molar-refractivity contribution in [3.8, 4) is 0 Å². The molecule has 0 spiro atoms. The van der Waals surface area contributed by atoms with Gasteiger partial charge in [-0.25, -0.2) is 4.79 Å². The summed E-state index contributed by atoms with van der Waals surface area (Å²) in [7, 11) is 0. The monoisotopic (exact) mass is 362 g/mol. The summed E-state index contributed by atoms with van der Waals surface area (Å²) in [5.41, 5.74) is -4.45. The Labute approximate surface area is 149 Å². The first-order valence-electron chi connectivity index (χ1n) is 6.26. The molecule has 1 aromatic carbocycles. The molecule has 0 fully saturated rings. The molecular weight excluding hydrogens is 353 g/mol. The molecule has 1 rings (SSSR count). The summed E-state index contributed by atoms with van der Waals surface area (Å²) in [5.74, 6) is -4.42. The van der Waals surface area contributed by atoms with E-state index in [1.165, 1.54) is 6.92 Å². The normalized spacial score (nSPS) is 12.4. The van der Waals surface area contributed by atoms with E-state index >= 15 is 0 Å². The first-order valence-corrected chi connectivity index (χ1v) is 6.26. The zero-order chi connectivity index (χ0) is 18.7. The van der Waals surface area contributed by atoms with Gasteiger partial charge in [-0.15, -0.1) is 0 Å². The summed E-state index contributed by atoms with van der Waals surface area (Å²) in [4.78, 5) is 22.3. The Hall–Kier alpha value is -1.92. The Morgan fingerprint density at radius 1 is 1.04 bits per heavy atom. The van der Waals surface area contributed by atoms with E-state index in [1.807, 2.05) is 0 Å². The number of ether oxygens (including phenoxy) is 1. The molecule has 0 saturated carbocycles. The van der Waals surface area contributed by atoms with E-state index < -0.39 is 46.6 Å². The van der Waals surface area contributed by atoms with Crippen molar-refractivity contribution in [1.82, 2.24) is 0 Å². The zero-order valence-corrected chi connectivity index (χ0v) is 12.9. The number of carbonyl (C=O) groups is 2. The molecule has 132 valence electrons. The van der Waals surface area contributed by atoms with Crippen LogP contribution in [0.3, 0.4) is 0 Å². The number of rotatable bonds is 4. The maximum atomic E-state index is 12.7. The van der Waals surface area contributed by atoms with Gasteiger partial charge in [0.15, 0.2) is 0 Å². The van der Waals surface area contributed by atoms with E-state index in [0.717, 1.165) is 0 Å². The van der Waals surface area contributed by atoms with E-state index in [9.17, 15) is 41.0 Å². The summed E-state index contributed by atoms with van der Waals surface area (Å²) >= 11 is 0. The van der Waals surface area contributed by atoms with Crippen molar-refractivity contribution in [3.63, 3.8) is 0 Å². The molecule has 0 atom stereocenters. The fourth-order valence-electron chi connectivity index (χ4n) is 1.56. The number of hydrogen-bond donors (Lipinski definition) is 0. The summed E-state index contributed by atoms with van der Waals surface area (Å²) in [6, 6.07) is 0.156. The van der Waals surface area contributed by atoms with Crippen LogP contribution in [0.1, 0.15) is 23.6 Å². The van der Waals surface area contributed by atoms with E-state index in [2.05, 4.69) is 4.74 Å². The molecule has 1 aromatic rings. The summed E-state index contributed by atoms with van der Waals surface area (Å²) in [6.07, 6.45) is -10.2. The van der Waals surface area contributed by atoms with Crippen molar-refractivity contribution in [2.45, 2.75) is 19.3 Å². The topological polar surface area (TPSA) is 66.4 Å². The van der Waals surface area contributed by atoms with Crippen LogP contribution in [0.15, 0.2) is 24.3 Å². The average Bonchev–Trinajstić information content (AvgIpc) is 2.45. The van der Waals surface area contributed by atoms with Crippen molar-refractivity contribution in [3.05, 3.63) is 41.0 Å². The molecular formula is C14H9F6LiO4. The van der Waals surface area contributed by atoms with Gasteiger partial charge in [-0.2, -0.15) is 26.3 Å². The maximum Gasteiger partial charge on any atom is 1.00 e. The molecule has 11 heteroatoms. The van der Waals surface area contributed by atoms with Gasteiger partial charge in [-0.1, -0.05) is 5.76 Å². The van der Waals surface area contributed by atoms with Crippen LogP contribution >= 0.6 is 0 Å². The first kappa shape index (κ1) is 23.1. The van der Waals surface area contributed by atoms with Gasteiger partial charge in [0, 0.05) is 0 Å². The maximum absolute atomic E-state index is 12.7. The quantitative estimate of drug-likeness (QED) is 0.182. The van der Waals surface area contributed by atoms with Crippen molar-refractivity contribution in [2.75, 3.05) is 6.61 Å². The molecule has 0 aliphatic heterocycles. The second-order valence-electron chi connectivity index (χ2n) is 4.39. The van der Waals surface area contributed by atoms with Gasteiger partial charge in [0.2, 0.25) is 0 Å². The molecule has 0 heterocycles. The standard InChI is InChI=1S/C14H10F6O4.Li/c1-2-24-12(23)11(22)6-10(21)7-3-8(13(15,16)17)5-9(4-7)14(18,19)20;/h3-6,21H,2H2,1H3;/q;+1/p-1. The van der Waals surface area contributed by atoms with Crippen molar-refractivity contribution < 1.29 is 64.6 Å². The van der Waals surface area contributed by atoms with Crippen LogP contribution in [0, 0.1) is 0 Å². The number of benzene rings is 1. The molecule has 0 aliphatic rings. The van der Waals surface area contributed by atoms with Gasteiger partial charge >= 0.3 is 37.2 Å². The second kappa shape index (κ2) is 8.45. The Bertz CT molecular complexity index is 647. The van der Waals surface area contributed by atoms with Gasteiger partial charge in [-0.3, -0.25) is 4.79 Å². The summed E-state index contributed by atoms with van der Waals surface area (Å²) in [6.45, 7) is 1.16. The van der Waals surface area contributed by atoms with Gasteiger partial charge in [0.05, 0.1) is 17.7 Å². The molecule has 0 radical (unpaired) electrons. The van der Waals surface area contributed by atoms with Crippen LogP contribution in [0.2, 0.25) is 0 Å². The zero-order valence-electron chi connectivity index (χ0n) is 12.9. The van der Waals surface area contributed by atoms with E-state index in [0.29, 0.717) is 0 Å². The van der Waals surface area contributed by atoms with Gasteiger partial charge < -0.3 is 9.84 Å². The third-order valence-corrected chi connectivity index (χ3v) is 2.61. The molecule has 0 bridgehead atoms. The predicted molar refractivity (Wildman–Crippen MR) is 66.1 cm³/mol. The van der Waals surface area contributed by atoms with Crippen LogP contribution in [-0.4, -0.2) is 18.4 Å². The number of ketones is 1. The van der Waals surface area contributed by atoms with Gasteiger partial charge in [0.25, 0.3) is 5.78 Å². The fraction of sp³-hybridized carbons (Fsp3) is 0.286. The minimum absolute atomic E-state index is 0. The third-order valence-electron chi connectivity index (χ3n) is 2.61. The van der Waals surface area contributed by atoms with E-state index in [1.54, 1.807) is 0 Å². The average molecular weight is 362 g/mol. The molecule has 0 aromatic heterocycles. The Kier molecular flexibility index (Phi) is 7.80. The van der Waals surface area contributed by atoms with E-state index in [-0.39, 0.29) is 49.7 Å². The molecule has 4 nitrogen and oxygen atoms in total. The third kappa shape index (κ3) is 6.47. The summed E-state index contributed by atoms with van der Waals surface area (Å²) in [5, 5.41) is 11.7. The van der Waals surface area contributed by atoms with Crippen molar-refractivity contribution in [1.29, 1.82) is 0 Å². The molecule has 25 heavy (non-hydrogen) atoms. The van der Waals surface area contributed by atoms with Crippen LogP contribution in [0.25, 0.3) is 5.76 Å². The number of halogens is 6. The molecule has 0 saturated heterocycles. The van der Waals surface area contributed by atoms with Crippen molar-refractivity contribution in [2.24, 2.45) is 0 Å². The Morgan fingerprint density at radius 3 is 1.84 bits per heavy atom. The summed E-state index contributed by atoms with van der Waals surface area (Å²) < 4.78 is 80.2. The molecule has 0 N–H and O–H groups in total. The first-order chi connectivity index (χ1) is 10.9. The number of esters is 1. The predicted octanol–water partition coefficient (Wildman–Crippen LogP) is -0.438.